The van der Waals surface area contributed by atoms with Gasteiger partial charge < -0.3 is 76.5 Å². The number of carbonyl (C=O) groups excluding carboxylic acids is 4. The summed E-state index contributed by atoms with van der Waals surface area (Å²) in [6.45, 7) is 0.516. The number of hydrogen-bond acceptors (Lipinski definition) is 9. The lowest BCUT2D eigenvalue weighted by Crippen LogP contribution is -2.59. The van der Waals surface area contributed by atoms with Gasteiger partial charge in [-0.05, 0) is 61.8 Å². The molecule has 0 bridgehead atoms. The van der Waals surface area contributed by atoms with Gasteiger partial charge in [-0.25, -0.2) is 4.79 Å². The molecule has 0 spiro atoms. The minimum absolute atomic E-state index is 0.0128. The zero-order valence-electron chi connectivity index (χ0n) is 34.3. The van der Waals surface area contributed by atoms with E-state index in [1.807, 2.05) is 48.5 Å². The highest BCUT2D eigenvalue weighted by Gasteiger charge is 2.33. The SMILES string of the molecule is NC(N)=NCCC[C@H](NC(=O)[C@H](Cc1c[nH]c2ccccc12)NC(=O)[C@H](Cc1c[nH]c2ccccc12)NC(=O)[C@H](CCCN=C(N)N)NC(=O)[C@@H](N)CCCN=C(N)N)C(=O)O. The van der Waals surface area contributed by atoms with Crippen molar-refractivity contribution in [2.24, 2.45) is 55.1 Å². The number of aromatic nitrogens is 2. The lowest BCUT2D eigenvalue weighted by atomic mass is 10.0. The number of aliphatic imine (C=N–C) groups is 3. The summed E-state index contributed by atoms with van der Waals surface area (Å²) in [4.78, 5) is 86.5. The average molecular weight is 859 g/mol. The molecule has 4 amide bonds. The van der Waals surface area contributed by atoms with Crippen LogP contribution in [0.1, 0.15) is 49.7 Å². The van der Waals surface area contributed by atoms with Gasteiger partial charge in [0.1, 0.15) is 24.2 Å². The molecule has 0 aliphatic rings. The maximum absolute atomic E-state index is 14.6. The van der Waals surface area contributed by atoms with Crippen molar-refractivity contribution in [1.82, 2.24) is 31.2 Å². The van der Waals surface area contributed by atoms with E-state index < -0.39 is 59.8 Å². The summed E-state index contributed by atoms with van der Waals surface area (Å²) in [5.74, 6) is -4.60. The number of carboxylic acid groups (broad SMARTS) is 1. The van der Waals surface area contributed by atoms with Crippen molar-refractivity contribution in [3.8, 4) is 0 Å². The number of carbonyl (C=O) groups is 5. The van der Waals surface area contributed by atoms with E-state index in [4.69, 9.17) is 40.1 Å². The minimum atomic E-state index is -1.35. The first-order chi connectivity index (χ1) is 29.6. The van der Waals surface area contributed by atoms with Gasteiger partial charge in [0.2, 0.25) is 23.6 Å². The Morgan fingerprint density at radius 2 is 0.903 bits per heavy atom. The number of aliphatic carboxylic acids is 1. The van der Waals surface area contributed by atoms with Crippen molar-refractivity contribution in [3.05, 3.63) is 72.1 Å². The first-order valence-electron chi connectivity index (χ1n) is 20.1. The zero-order chi connectivity index (χ0) is 45.2. The third-order valence-corrected chi connectivity index (χ3v) is 9.91. The van der Waals surface area contributed by atoms with Crippen molar-refractivity contribution < 1.29 is 29.1 Å². The Kier molecular flexibility index (Phi) is 17.9. The number of guanidine groups is 3. The Balaban J connectivity index is 1.65. The number of fused-ring (bicyclic) bond motifs is 2. The van der Waals surface area contributed by atoms with Crippen molar-refractivity contribution in [2.45, 2.75) is 81.6 Å². The predicted molar refractivity (Wildman–Crippen MR) is 237 cm³/mol. The second-order valence-electron chi connectivity index (χ2n) is 14.7. The molecule has 4 rings (SSSR count). The van der Waals surface area contributed by atoms with Crippen LogP contribution in [-0.2, 0) is 36.8 Å². The second kappa shape index (κ2) is 23.4. The molecule has 0 aliphatic heterocycles. The molecule has 2 aromatic heterocycles. The monoisotopic (exact) mass is 858 g/mol. The number of hydrogen-bond donors (Lipinski definition) is 14. The van der Waals surface area contributed by atoms with E-state index >= 15 is 0 Å². The minimum Gasteiger partial charge on any atom is -0.480 e. The molecule has 2 heterocycles. The third kappa shape index (κ3) is 14.7. The Bertz CT molecular complexity index is 2240. The summed E-state index contributed by atoms with van der Waals surface area (Å²) >= 11 is 0. The molecule has 22 heteroatoms. The molecular weight excluding hydrogens is 801 g/mol. The van der Waals surface area contributed by atoms with Crippen LogP contribution >= 0.6 is 0 Å². The van der Waals surface area contributed by atoms with Gasteiger partial charge >= 0.3 is 5.97 Å². The van der Waals surface area contributed by atoms with Crippen LogP contribution < -0.4 is 61.4 Å². The van der Waals surface area contributed by atoms with Crippen LogP contribution in [0.25, 0.3) is 21.8 Å². The van der Waals surface area contributed by atoms with Crippen LogP contribution in [0.4, 0.5) is 0 Å². The zero-order valence-corrected chi connectivity index (χ0v) is 34.3. The topological polar surface area (TPSA) is 404 Å². The lowest BCUT2D eigenvalue weighted by Gasteiger charge is -2.26. The van der Waals surface area contributed by atoms with Gasteiger partial charge in [-0.3, -0.25) is 34.2 Å². The lowest BCUT2D eigenvalue weighted by molar-refractivity contribution is -0.142. The Hall–Kier alpha value is -7.36. The van der Waals surface area contributed by atoms with Gasteiger partial charge in [0.25, 0.3) is 0 Å². The molecule has 2 aromatic carbocycles. The van der Waals surface area contributed by atoms with E-state index in [1.54, 1.807) is 12.4 Å². The van der Waals surface area contributed by atoms with Gasteiger partial charge in [0.15, 0.2) is 17.9 Å². The largest absolute Gasteiger partial charge is 0.480 e. The number of rotatable bonds is 25. The summed E-state index contributed by atoms with van der Waals surface area (Å²) in [5.41, 5.74) is 41.6. The molecule has 0 saturated carbocycles. The normalized spacial score (nSPS) is 13.4. The highest BCUT2D eigenvalue weighted by molar-refractivity contribution is 5.96. The molecule has 21 N–H and O–H groups in total. The van der Waals surface area contributed by atoms with E-state index in [1.165, 1.54) is 0 Å². The number of carboxylic acids is 1. The number of nitrogens with one attached hydrogen (secondary N) is 6. The molecule has 0 fully saturated rings. The fraction of sp³-hybridized carbons (Fsp3) is 0.400. The number of nitrogens with zero attached hydrogens (tertiary/aromatic N) is 3. The van der Waals surface area contributed by atoms with Crippen LogP contribution in [0.5, 0.6) is 0 Å². The van der Waals surface area contributed by atoms with Crippen molar-refractivity contribution in [2.75, 3.05) is 19.6 Å². The predicted octanol–water partition coefficient (Wildman–Crippen LogP) is -2.05. The van der Waals surface area contributed by atoms with Crippen LogP contribution in [0.15, 0.2) is 75.9 Å². The number of H-pyrrole nitrogens is 2. The molecule has 22 nitrogen and oxygen atoms in total. The molecule has 0 saturated heterocycles. The fourth-order valence-electron chi connectivity index (χ4n) is 6.74. The van der Waals surface area contributed by atoms with E-state index in [-0.39, 0.29) is 82.5 Å². The Morgan fingerprint density at radius 1 is 0.532 bits per heavy atom. The van der Waals surface area contributed by atoms with Crippen LogP contribution in [0.2, 0.25) is 0 Å². The van der Waals surface area contributed by atoms with Gasteiger partial charge in [-0.15, -0.1) is 0 Å². The summed E-state index contributed by atoms with van der Waals surface area (Å²) in [7, 11) is 0. The van der Waals surface area contributed by atoms with Crippen LogP contribution in [-0.4, -0.2) is 112 Å². The standard InChI is InChI=1S/C40H58N16O6/c41-26(10-5-15-48-38(42)43)33(57)53-29(13-6-16-49-39(44)45)34(58)55-32(19-23-21-52-28-12-4-2-9-25(23)28)36(60)56-31(18-22-20-51-27-11-3-1-8-24(22)27)35(59)54-30(37(61)62)14-7-17-50-40(46)47/h1-4,8-9,11-12,20-21,26,29-32,51-52H,5-7,10,13-19,41H2,(H,53,57)(H,54,59)(H,55,58)(H,56,60)(H,61,62)(H4,42,43,48)(H4,44,45,49)(H4,46,47,50)/t26-,29-,30-,31-,32-/m0/s1. The van der Waals surface area contributed by atoms with E-state index in [9.17, 15) is 29.1 Å². The number of benzene rings is 2. The van der Waals surface area contributed by atoms with E-state index in [0.717, 1.165) is 21.8 Å². The number of amides is 4. The Labute approximate surface area is 357 Å². The van der Waals surface area contributed by atoms with Crippen molar-refractivity contribution in [1.29, 1.82) is 0 Å². The molecule has 0 aliphatic carbocycles. The second-order valence-corrected chi connectivity index (χ2v) is 14.7. The molecule has 0 unspecified atom stereocenters. The quantitative estimate of drug-likeness (QED) is 0.0194. The summed E-state index contributed by atoms with van der Waals surface area (Å²) < 4.78 is 0. The smallest absolute Gasteiger partial charge is 0.326 e. The number of nitrogens with two attached hydrogens (primary N) is 7. The molecule has 5 atom stereocenters. The van der Waals surface area contributed by atoms with Crippen molar-refractivity contribution in [3.63, 3.8) is 0 Å². The van der Waals surface area contributed by atoms with Crippen LogP contribution in [0, 0.1) is 0 Å². The number of para-hydroxylation sites is 2. The van der Waals surface area contributed by atoms with Gasteiger partial charge in [0, 0.05) is 66.7 Å². The summed E-state index contributed by atoms with van der Waals surface area (Å²) in [6, 6.07) is 8.53. The fourth-order valence-corrected chi connectivity index (χ4v) is 6.74. The van der Waals surface area contributed by atoms with E-state index in [0.29, 0.717) is 17.5 Å². The summed E-state index contributed by atoms with van der Waals surface area (Å²) in [5, 5.41) is 22.4. The molecule has 0 radical (unpaired) electrons. The van der Waals surface area contributed by atoms with Crippen LogP contribution in [0.3, 0.4) is 0 Å². The first kappa shape index (κ1) is 47.3. The van der Waals surface area contributed by atoms with E-state index in [2.05, 4.69) is 46.2 Å². The Morgan fingerprint density at radius 3 is 1.34 bits per heavy atom. The molecule has 334 valence electrons. The number of aromatic amines is 2. The summed E-state index contributed by atoms with van der Waals surface area (Å²) in [6.07, 6.45) is 4.44. The molecule has 62 heavy (non-hydrogen) atoms. The molecule has 4 aromatic rings. The molecular formula is C40H58N16O6. The first-order valence-corrected chi connectivity index (χ1v) is 20.1. The van der Waals surface area contributed by atoms with Crippen molar-refractivity contribution >= 4 is 69.3 Å². The maximum Gasteiger partial charge on any atom is 0.326 e. The van der Waals surface area contributed by atoms with Gasteiger partial charge in [-0.2, -0.15) is 0 Å². The maximum atomic E-state index is 14.6. The third-order valence-electron chi connectivity index (χ3n) is 9.91. The average Bonchev–Trinajstić information content (AvgIpc) is 3.84. The van der Waals surface area contributed by atoms with Gasteiger partial charge in [0.05, 0.1) is 6.04 Å². The van der Waals surface area contributed by atoms with Gasteiger partial charge in [-0.1, -0.05) is 36.4 Å². The highest BCUT2D eigenvalue weighted by atomic mass is 16.4. The highest BCUT2D eigenvalue weighted by Crippen LogP contribution is 2.21.